The molecule has 3 N–H and O–H groups in total. The third-order valence-electron chi connectivity index (χ3n) is 2.68. The van der Waals surface area contributed by atoms with Crippen molar-refractivity contribution in [1.29, 1.82) is 0 Å². The van der Waals surface area contributed by atoms with Crippen LogP contribution in [0.5, 0.6) is 0 Å². The molecular formula is C12H15BrN2. The van der Waals surface area contributed by atoms with E-state index in [9.17, 15) is 0 Å². The van der Waals surface area contributed by atoms with Crippen molar-refractivity contribution < 1.29 is 0 Å². The highest BCUT2D eigenvalue weighted by atomic mass is 79.9. The largest absolute Gasteiger partial charge is 0.357 e. The van der Waals surface area contributed by atoms with E-state index in [1.54, 1.807) is 0 Å². The minimum absolute atomic E-state index is 0.0798. The van der Waals surface area contributed by atoms with Crippen LogP contribution in [0, 0.1) is 5.92 Å². The van der Waals surface area contributed by atoms with Crippen LogP contribution in [-0.4, -0.2) is 4.98 Å². The Hall–Kier alpha value is -0.800. The van der Waals surface area contributed by atoms with Gasteiger partial charge in [0.1, 0.15) is 0 Å². The molecule has 0 fully saturated rings. The zero-order chi connectivity index (χ0) is 11.0. The summed E-state index contributed by atoms with van der Waals surface area (Å²) in [6.07, 6.45) is 0. The molecule has 2 nitrogen and oxygen atoms in total. The molecule has 1 aromatic heterocycles. The van der Waals surface area contributed by atoms with Crippen molar-refractivity contribution in [2.24, 2.45) is 11.7 Å². The Bertz CT molecular complexity index is 473. The van der Waals surface area contributed by atoms with Crippen LogP contribution < -0.4 is 5.73 Å². The number of hydrogen-bond acceptors (Lipinski definition) is 1. The lowest BCUT2D eigenvalue weighted by molar-refractivity contribution is 0.506. The van der Waals surface area contributed by atoms with E-state index in [0.717, 1.165) is 15.7 Å². The average molecular weight is 267 g/mol. The molecule has 1 heterocycles. The molecule has 0 bridgehead atoms. The molecule has 0 aliphatic carbocycles. The summed E-state index contributed by atoms with van der Waals surface area (Å²) in [5, 5.41) is 1.20. The maximum absolute atomic E-state index is 6.10. The minimum atomic E-state index is 0.0798. The lowest BCUT2D eigenvalue weighted by Crippen LogP contribution is -2.16. The number of halogens is 1. The van der Waals surface area contributed by atoms with Crippen LogP contribution in [0.25, 0.3) is 10.9 Å². The standard InChI is InChI=1S/C12H15BrN2/c1-7(2)12(14)11-6-8-5-9(13)3-4-10(8)15-11/h3-7,12,15H,14H2,1-2H3. The molecule has 3 heteroatoms. The predicted octanol–water partition coefficient (Wildman–Crippen LogP) is 3.59. The number of benzene rings is 1. The number of H-pyrrole nitrogens is 1. The first kappa shape index (κ1) is 10.7. The van der Waals surface area contributed by atoms with Gasteiger partial charge in [-0.15, -0.1) is 0 Å². The molecule has 1 atom stereocenters. The molecule has 2 aromatic rings. The van der Waals surface area contributed by atoms with Gasteiger partial charge in [0, 0.05) is 27.1 Å². The van der Waals surface area contributed by atoms with Gasteiger partial charge in [-0.3, -0.25) is 0 Å². The van der Waals surface area contributed by atoms with Gasteiger partial charge in [-0.25, -0.2) is 0 Å². The molecule has 0 radical (unpaired) electrons. The van der Waals surface area contributed by atoms with Gasteiger partial charge in [0.25, 0.3) is 0 Å². The van der Waals surface area contributed by atoms with E-state index in [0.29, 0.717) is 5.92 Å². The SMILES string of the molecule is CC(C)C(N)c1cc2cc(Br)ccc2[nH]1. The molecule has 15 heavy (non-hydrogen) atoms. The summed E-state index contributed by atoms with van der Waals surface area (Å²) in [5.41, 5.74) is 8.35. The zero-order valence-corrected chi connectivity index (χ0v) is 10.5. The highest BCUT2D eigenvalue weighted by Gasteiger charge is 2.12. The van der Waals surface area contributed by atoms with Crippen LogP contribution in [-0.2, 0) is 0 Å². The molecule has 0 amide bonds. The van der Waals surface area contributed by atoms with E-state index < -0.39 is 0 Å². The van der Waals surface area contributed by atoms with Crippen LogP contribution in [0.3, 0.4) is 0 Å². The van der Waals surface area contributed by atoms with Gasteiger partial charge in [-0.2, -0.15) is 0 Å². The van der Waals surface area contributed by atoms with Crippen molar-refractivity contribution in [3.05, 3.63) is 34.4 Å². The van der Waals surface area contributed by atoms with Gasteiger partial charge in [0.2, 0.25) is 0 Å². The molecule has 0 saturated heterocycles. The molecule has 2 rings (SSSR count). The molecule has 0 aliphatic rings. The summed E-state index contributed by atoms with van der Waals surface area (Å²) in [5.74, 6) is 0.446. The Kier molecular flexibility index (Phi) is 2.85. The first-order valence-corrected chi connectivity index (χ1v) is 5.91. The Morgan fingerprint density at radius 3 is 2.67 bits per heavy atom. The fraction of sp³-hybridized carbons (Fsp3) is 0.333. The van der Waals surface area contributed by atoms with Crippen LogP contribution in [0.15, 0.2) is 28.7 Å². The fourth-order valence-electron chi connectivity index (χ4n) is 1.66. The number of nitrogens with two attached hydrogens (primary N) is 1. The molecule has 1 aromatic carbocycles. The highest BCUT2D eigenvalue weighted by Crippen LogP contribution is 2.25. The van der Waals surface area contributed by atoms with Crippen molar-refractivity contribution >= 4 is 26.8 Å². The summed E-state index contributed by atoms with van der Waals surface area (Å²) in [7, 11) is 0. The van der Waals surface area contributed by atoms with Gasteiger partial charge in [0.05, 0.1) is 0 Å². The van der Waals surface area contributed by atoms with Gasteiger partial charge >= 0.3 is 0 Å². The van der Waals surface area contributed by atoms with Crippen LogP contribution in [0.2, 0.25) is 0 Å². The second kappa shape index (κ2) is 3.99. The Morgan fingerprint density at radius 1 is 1.27 bits per heavy atom. The second-order valence-corrected chi connectivity index (χ2v) is 5.14. The summed E-state index contributed by atoms with van der Waals surface area (Å²) < 4.78 is 1.10. The third-order valence-corrected chi connectivity index (χ3v) is 3.17. The molecule has 0 spiro atoms. The van der Waals surface area contributed by atoms with Crippen LogP contribution in [0.1, 0.15) is 25.6 Å². The van der Waals surface area contributed by atoms with Gasteiger partial charge in [-0.1, -0.05) is 29.8 Å². The van der Waals surface area contributed by atoms with Crippen molar-refractivity contribution in [1.82, 2.24) is 4.98 Å². The summed E-state index contributed by atoms with van der Waals surface area (Å²) in [6.45, 7) is 4.26. The summed E-state index contributed by atoms with van der Waals surface area (Å²) >= 11 is 3.46. The van der Waals surface area contributed by atoms with E-state index in [-0.39, 0.29) is 6.04 Å². The zero-order valence-electron chi connectivity index (χ0n) is 8.92. The minimum Gasteiger partial charge on any atom is -0.357 e. The highest BCUT2D eigenvalue weighted by molar-refractivity contribution is 9.10. The fourth-order valence-corrected chi connectivity index (χ4v) is 2.04. The first-order valence-electron chi connectivity index (χ1n) is 5.11. The average Bonchev–Trinajstić information content (AvgIpc) is 2.58. The van der Waals surface area contributed by atoms with E-state index in [1.807, 2.05) is 6.07 Å². The Balaban J connectivity index is 2.47. The molecule has 0 aliphatic heterocycles. The number of hydrogen-bond donors (Lipinski definition) is 2. The number of fused-ring (bicyclic) bond motifs is 1. The van der Waals surface area contributed by atoms with Gasteiger partial charge in [-0.05, 0) is 30.2 Å². The number of rotatable bonds is 2. The lowest BCUT2D eigenvalue weighted by atomic mass is 10.0. The maximum Gasteiger partial charge on any atom is 0.0471 e. The molecular weight excluding hydrogens is 252 g/mol. The Morgan fingerprint density at radius 2 is 2.00 bits per heavy atom. The van der Waals surface area contributed by atoms with E-state index >= 15 is 0 Å². The van der Waals surface area contributed by atoms with Gasteiger partial charge in [0.15, 0.2) is 0 Å². The smallest absolute Gasteiger partial charge is 0.0471 e. The van der Waals surface area contributed by atoms with Crippen molar-refractivity contribution in [3.8, 4) is 0 Å². The van der Waals surface area contributed by atoms with Crippen molar-refractivity contribution in [3.63, 3.8) is 0 Å². The molecule has 80 valence electrons. The van der Waals surface area contributed by atoms with E-state index in [2.05, 4.69) is 53.0 Å². The predicted molar refractivity (Wildman–Crippen MR) is 67.8 cm³/mol. The summed E-state index contributed by atoms with van der Waals surface area (Å²) in [4.78, 5) is 3.36. The summed E-state index contributed by atoms with van der Waals surface area (Å²) in [6, 6.07) is 8.41. The molecule has 0 saturated carbocycles. The topological polar surface area (TPSA) is 41.8 Å². The quantitative estimate of drug-likeness (QED) is 0.857. The molecule has 1 unspecified atom stereocenters. The first-order chi connectivity index (χ1) is 7.08. The number of aromatic amines is 1. The van der Waals surface area contributed by atoms with Crippen LogP contribution >= 0.6 is 15.9 Å². The second-order valence-electron chi connectivity index (χ2n) is 4.23. The van der Waals surface area contributed by atoms with E-state index in [4.69, 9.17) is 5.73 Å². The van der Waals surface area contributed by atoms with Crippen molar-refractivity contribution in [2.75, 3.05) is 0 Å². The maximum atomic E-state index is 6.10. The number of nitrogens with one attached hydrogen (secondary N) is 1. The van der Waals surface area contributed by atoms with Crippen molar-refractivity contribution in [2.45, 2.75) is 19.9 Å². The number of aromatic nitrogens is 1. The van der Waals surface area contributed by atoms with Gasteiger partial charge < -0.3 is 10.7 Å². The third kappa shape index (κ3) is 2.08. The lowest BCUT2D eigenvalue weighted by Gasteiger charge is -2.13. The monoisotopic (exact) mass is 266 g/mol. The van der Waals surface area contributed by atoms with E-state index in [1.165, 1.54) is 5.39 Å². The normalized spacial score (nSPS) is 13.7. The Labute approximate surface area is 98.0 Å². The van der Waals surface area contributed by atoms with Crippen LogP contribution in [0.4, 0.5) is 0 Å².